The van der Waals surface area contributed by atoms with Gasteiger partial charge in [-0.2, -0.15) is 0 Å². The monoisotopic (exact) mass is 290 g/mol. The molecule has 114 valence electrons. The normalized spacial score (nSPS) is 18.1. The van der Waals surface area contributed by atoms with Gasteiger partial charge in [-0.1, -0.05) is 6.07 Å². The lowest BCUT2D eigenvalue weighted by Gasteiger charge is -2.40. The Morgan fingerprint density at radius 3 is 2.90 bits per heavy atom. The summed E-state index contributed by atoms with van der Waals surface area (Å²) in [6, 6.07) is 5.40. The van der Waals surface area contributed by atoms with Crippen LogP contribution in [-0.2, 0) is 9.59 Å². The zero-order chi connectivity index (χ0) is 15.6. The summed E-state index contributed by atoms with van der Waals surface area (Å²) in [6.45, 7) is 6.94. The Labute approximate surface area is 124 Å². The number of hydrogen-bond acceptors (Lipinski definition) is 4. The standard InChI is InChI=1S/C15H22N4O2/c1-10-4-5-11(16)8-12(10)18-13(20)9-19-7-6-17-14(21)15(19,2)3/h4-5,8H,6-7,9,16H2,1-3H3,(H,17,21)(H,18,20). The molecule has 0 atom stereocenters. The van der Waals surface area contributed by atoms with Gasteiger partial charge in [-0.3, -0.25) is 14.5 Å². The van der Waals surface area contributed by atoms with Crippen LogP contribution in [-0.4, -0.2) is 41.9 Å². The van der Waals surface area contributed by atoms with Crippen molar-refractivity contribution in [3.63, 3.8) is 0 Å². The van der Waals surface area contributed by atoms with Gasteiger partial charge in [0.2, 0.25) is 11.8 Å². The summed E-state index contributed by atoms with van der Waals surface area (Å²) in [7, 11) is 0. The van der Waals surface area contributed by atoms with Crippen LogP contribution in [0.25, 0.3) is 0 Å². The first-order chi connectivity index (χ1) is 9.80. The van der Waals surface area contributed by atoms with Crippen molar-refractivity contribution in [2.75, 3.05) is 30.7 Å². The van der Waals surface area contributed by atoms with Crippen LogP contribution in [0.3, 0.4) is 0 Å². The van der Waals surface area contributed by atoms with Crippen LogP contribution in [0.1, 0.15) is 19.4 Å². The molecule has 4 N–H and O–H groups in total. The van der Waals surface area contributed by atoms with Crippen molar-refractivity contribution in [3.8, 4) is 0 Å². The first-order valence-electron chi connectivity index (χ1n) is 7.00. The topological polar surface area (TPSA) is 87.5 Å². The fourth-order valence-corrected chi connectivity index (χ4v) is 2.36. The molecule has 1 aliphatic heterocycles. The number of carbonyl (C=O) groups excluding carboxylic acids is 2. The van der Waals surface area contributed by atoms with Gasteiger partial charge < -0.3 is 16.4 Å². The van der Waals surface area contributed by atoms with Gasteiger partial charge in [0.25, 0.3) is 0 Å². The van der Waals surface area contributed by atoms with Gasteiger partial charge in [0.05, 0.1) is 12.1 Å². The van der Waals surface area contributed by atoms with Crippen molar-refractivity contribution in [1.29, 1.82) is 0 Å². The number of nitrogens with one attached hydrogen (secondary N) is 2. The zero-order valence-corrected chi connectivity index (χ0v) is 12.7. The Hall–Kier alpha value is -2.08. The molecule has 0 spiro atoms. The first kappa shape index (κ1) is 15.3. The molecule has 6 heteroatoms. The van der Waals surface area contributed by atoms with Crippen molar-refractivity contribution in [2.24, 2.45) is 0 Å². The maximum atomic E-state index is 12.2. The molecule has 1 fully saturated rings. The molecular weight excluding hydrogens is 268 g/mol. The molecule has 1 aliphatic rings. The summed E-state index contributed by atoms with van der Waals surface area (Å²) >= 11 is 0. The highest BCUT2D eigenvalue weighted by Crippen LogP contribution is 2.20. The molecule has 0 bridgehead atoms. The van der Waals surface area contributed by atoms with Crippen LogP contribution in [0, 0.1) is 6.92 Å². The molecule has 1 saturated heterocycles. The number of nitrogen functional groups attached to an aromatic ring is 1. The molecule has 1 heterocycles. The van der Waals surface area contributed by atoms with Crippen molar-refractivity contribution >= 4 is 23.2 Å². The third kappa shape index (κ3) is 3.33. The minimum absolute atomic E-state index is 0.0540. The van der Waals surface area contributed by atoms with E-state index < -0.39 is 5.54 Å². The predicted molar refractivity (Wildman–Crippen MR) is 82.9 cm³/mol. The summed E-state index contributed by atoms with van der Waals surface area (Å²) in [5, 5.41) is 5.67. The SMILES string of the molecule is Cc1ccc(N)cc1NC(=O)CN1CCNC(=O)C1(C)C. The van der Waals surface area contributed by atoms with E-state index in [0.717, 1.165) is 5.56 Å². The molecular formula is C15H22N4O2. The number of benzene rings is 1. The van der Waals surface area contributed by atoms with Gasteiger partial charge in [0.15, 0.2) is 0 Å². The molecule has 1 aromatic carbocycles. The quantitative estimate of drug-likeness (QED) is 0.716. The number of nitrogens with zero attached hydrogens (tertiary/aromatic N) is 1. The summed E-state index contributed by atoms with van der Waals surface area (Å²) in [5.41, 5.74) is 7.32. The van der Waals surface area contributed by atoms with Crippen LogP contribution in [0.15, 0.2) is 18.2 Å². The second-order valence-electron chi connectivity index (χ2n) is 5.86. The summed E-state index contributed by atoms with van der Waals surface area (Å²) in [5.74, 6) is -0.201. The Balaban J connectivity index is 2.04. The van der Waals surface area contributed by atoms with Crippen molar-refractivity contribution in [2.45, 2.75) is 26.3 Å². The number of hydrogen-bond donors (Lipinski definition) is 3. The molecule has 0 aliphatic carbocycles. The average molecular weight is 290 g/mol. The van der Waals surface area contributed by atoms with E-state index >= 15 is 0 Å². The number of nitrogens with two attached hydrogens (primary N) is 1. The van der Waals surface area contributed by atoms with Crippen LogP contribution in [0.2, 0.25) is 0 Å². The molecule has 0 radical (unpaired) electrons. The van der Waals surface area contributed by atoms with E-state index in [-0.39, 0.29) is 18.4 Å². The lowest BCUT2D eigenvalue weighted by Crippen LogP contribution is -2.62. The minimum Gasteiger partial charge on any atom is -0.399 e. The van der Waals surface area contributed by atoms with Crippen molar-refractivity contribution in [3.05, 3.63) is 23.8 Å². The number of anilines is 2. The van der Waals surface area contributed by atoms with Gasteiger partial charge in [-0.25, -0.2) is 0 Å². The smallest absolute Gasteiger partial charge is 0.240 e. The van der Waals surface area contributed by atoms with Gasteiger partial charge in [-0.05, 0) is 38.5 Å². The Kier molecular flexibility index (Phi) is 4.18. The summed E-state index contributed by atoms with van der Waals surface area (Å²) in [4.78, 5) is 26.0. The number of aryl methyl sites for hydroxylation is 1. The molecule has 0 aromatic heterocycles. The number of amides is 2. The summed E-state index contributed by atoms with van der Waals surface area (Å²) in [6.07, 6.45) is 0. The van der Waals surface area contributed by atoms with Crippen LogP contribution < -0.4 is 16.4 Å². The fraction of sp³-hybridized carbons (Fsp3) is 0.467. The predicted octanol–water partition coefficient (Wildman–Crippen LogP) is 0.726. The van der Waals surface area contributed by atoms with E-state index in [1.807, 2.05) is 31.7 Å². The second kappa shape index (κ2) is 5.73. The highest BCUT2D eigenvalue weighted by atomic mass is 16.2. The van der Waals surface area contributed by atoms with Crippen molar-refractivity contribution in [1.82, 2.24) is 10.2 Å². The van der Waals surface area contributed by atoms with Crippen LogP contribution in [0.4, 0.5) is 11.4 Å². The molecule has 21 heavy (non-hydrogen) atoms. The molecule has 0 saturated carbocycles. The van der Waals surface area contributed by atoms with E-state index in [9.17, 15) is 9.59 Å². The van der Waals surface area contributed by atoms with Gasteiger partial charge >= 0.3 is 0 Å². The average Bonchev–Trinajstić information content (AvgIpc) is 2.40. The molecule has 0 unspecified atom stereocenters. The van der Waals surface area contributed by atoms with Crippen molar-refractivity contribution < 1.29 is 9.59 Å². The minimum atomic E-state index is -0.680. The third-order valence-electron chi connectivity index (χ3n) is 3.88. The zero-order valence-electron chi connectivity index (χ0n) is 12.7. The highest BCUT2D eigenvalue weighted by Gasteiger charge is 2.38. The fourth-order valence-electron chi connectivity index (χ4n) is 2.36. The van der Waals surface area contributed by atoms with Crippen LogP contribution in [0.5, 0.6) is 0 Å². The molecule has 2 amide bonds. The van der Waals surface area contributed by atoms with E-state index in [0.29, 0.717) is 24.5 Å². The van der Waals surface area contributed by atoms with Gasteiger partial charge in [0, 0.05) is 24.5 Å². The van der Waals surface area contributed by atoms with E-state index in [2.05, 4.69) is 10.6 Å². The second-order valence-corrected chi connectivity index (χ2v) is 5.86. The van der Waals surface area contributed by atoms with Crippen LogP contribution >= 0.6 is 0 Å². The number of rotatable bonds is 3. The largest absolute Gasteiger partial charge is 0.399 e. The van der Waals surface area contributed by atoms with Gasteiger partial charge in [0.1, 0.15) is 0 Å². The first-order valence-corrected chi connectivity index (χ1v) is 7.00. The van der Waals surface area contributed by atoms with E-state index in [4.69, 9.17) is 5.73 Å². The van der Waals surface area contributed by atoms with E-state index in [1.54, 1.807) is 12.1 Å². The Morgan fingerprint density at radius 1 is 1.48 bits per heavy atom. The maximum Gasteiger partial charge on any atom is 0.240 e. The Morgan fingerprint density at radius 2 is 2.19 bits per heavy atom. The van der Waals surface area contributed by atoms with Gasteiger partial charge in [-0.15, -0.1) is 0 Å². The highest BCUT2D eigenvalue weighted by molar-refractivity contribution is 5.94. The number of piperazine rings is 1. The lowest BCUT2D eigenvalue weighted by molar-refractivity contribution is -0.136. The third-order valence-corrected chi connectivity index (χ3v) is 3.88. The number of carbonyl (C=O) groups is 2. The molecule has 6 nitrogen and oxygen atoms in total. The summed E-state index contributed by atoms with van der Waals surface area (Å²) < 4.78 is 0. The maximum absolute atomic E-state index is 12.2. The Bertz CT molecular complexity index is 569. The molecule has 2 rings (SSSR count). The van der Waals surface area contributed by atoms with E-state index in [1.165, 1.54) is 0 Å². The molecule has 1 aromatic rings. The lowest BCUT2D eigenvalue weighted by atomic mass is 9.99.